The highest BCUT2D eigenvalue weighted by Gasteiger charge is 2.35. The molecular formula is C15H20Cl3N3O2. The third kappa shape index (κ3) is 4.98. The first kappa shape index (κ1) is 20.0. The lowest BCUT2D eigenvalue weighted by molar-refractivity contribution is -0.124. The summed E-state index contributed by atoms with van der Waals surface area (Å²) in [5.41, 5.74) is 0.337. The van der Waals surface area contributed by atoms with Crippen molar-refractivity contribution in [3.8, 4) is 0 Å². The summed E-state index contributed by atoms with van der Waals surface area (Å²) in [6.07, 6.45) is 1.46. The Labute approximate surface area is 152 Å². The van der Waals surface area contributed by atoms with Crippen LogP contribution in [0.3, 0.4) is 0 Å². The number of hydrogen-bond acceptors (Lipinski definition) is 3. The van der Waals surface area contributed by atoms with Crippen LogP contribution in [0.2, 0.25) is 10.0 Å². The van der Waals surface area contributed by atoms with E-state index in [1.54, 1.807) is 23.1 Å². The van der Waals surface area contributed by atoms with Crippen molar-refractivity contribution in [2.45, 2.75) is 18.9 Å². The number of hydrogen-bond donors (Lipinski definition) is 2. The van der Waals surface area contributed by atoms with Crippen molar-refractivity contribution in [3.63, 3.8) is 0 Å². The van der Waals surface area contributed by atoms with Gasteiger partial charge in [0, 0.05) is 24.7 Å². The summed E-state index contributed by atoms with van der Waals surface area (Å²) < 4.78 is 0. The van der Waals surface area contributed by atoms with Gasteiger partial charge in [-0.25, -0.2) is 0 Å². The van der Waals surface area contributed by atoms with Crippen LogP contribution in [0, 0.1) is 0 Å². The molecule has 2 rings (SSSR count). The minimum absolute atomic E-state index is 0. The molecule has 128 valence electrons. The molecule has 0 aliphatic carbocycles. The van der Waals surface area contributed by atoms with E-state index in [1.165, 1.54) is 0 Å². The van der Waals surface area contributed by atoms with E-state index in [-0.39, 0.29) is 24.2 Å². The van der Waals surface area contributed by atoms with Crippen LogP contribution in [-0.4, -0.2) is 49.4 Å². The Morgan fingerprint density at radius 2 is 2.04 bits per heavy atom. The van der Waals surface area contributed by atoms with Crippen molar-refractivity contribution < 1.29 is 9.59 Å². The number of rotatable bonds is 5. The first-order valence-corrected chi connectivity index (χ1v) is 7.98. The number of likely N-dealkylation sites (N-methyl/N-ethyl adjacent to an activating group) is 1. The van der Waals surface area contributed by atoms with Crippen LogP contribution in [-0.2, 0) is 4.79 Å². The van der Waals surface area contributed by atoms with Gasteiger partial charge in [0.25, 0.3) is 5.91 Å². The zero-order valence-corrected chi connectivity index (χ0v) is 15.1. The van der Waals surface area contributed by atoms with Gasteiger partial charge in [-0.2, -0.15) is 0 Å². The van der Waals surface area contributed by atoms with Gasteiger partial charge in [0.1, 0.15) is 6.04 Å². The fourth-order valence-corrected chi connectivity index (χ4v) is 2.90. The topological polar surface area (TPSA) is 61.4 Å². The van der Waals surface area contributed by atoms with Crippen molar-refractivity contribution in [2.24, 2.45) is 0 Å². The maximum absolute atomic E-state index is 12.7. The summed E-state index contributed by atoms with van der Waals surface area (Å²) in [7, 11) is 1.82. The molecule has 5 nitrogen and oxygen atoms in total. The fraction of sp³-hybridized carbons (Fsp3) is 0.467. The number of nitrogens with zero attached hydrogens (tertiary/aromatic N) is 1. The van der Waals surface area contributed by atoms with E-state index in [2.05, 4.69) is 10.6 Å². The Morgan fingerprint density at radius 3 is 2.74 bits per heavy atom. The molecule has 1 fully saturated rings. The molecule has 0 bridgehead atoms. The Bertz CT molecular complexity index is 569. The van der Waals surface area contributed by atoms with E-state index in [1.807, 2.05) is 7.05 Å². The average molecular weight is 381 g/mol. The molecule has 8 heteroatoms. The molecule has 0 spiro atoms. The quantitative estimate of drug-likeness (QED) is 0.771. The van der Waals surface area contributed by atoms with Crippen LogP contribution >= 0.6 is 35.6 Å². The van der Waals surface area contributed by atoms with Gasteiger partial charge >= 0.3 is 0 Å². The van der Waals surface area contributed by atoms with Crippen molar-refractivity contribution in [3.05, 3.63) is 33.8 Å². The largest absolute Gasteiger partial charge is 0.353 e. The Hall–Kier alpha value is -1.01. The SMILES string of the molecule is CNCCNC(=O)C1CCCN1C(=O)c1cc(Cl)ccc1Cl.Cl. The van der Waals surface area contributed by atoms with E-state index < -0.39 is 6.04 Å². The van der Waals surface area contributed by atoms with E-state index in [4.69, 9.17) is 23.2 Å². The smallest absolute Gasteiger partial charge is 0.256 e. The molecule has 1 aromatic rings. The molecule has 1 unspecified atom stereocenters. The summed E-state index contributed by atoms with van der Waals surface area (Å²) in [4.78, 5) is 26.5. The predicted octanol–water partition coefficient (Wildman–Crippen LogP) is 2.36. The van der Waals surface area contributed by atoms with Crippen LogP contribution in [0.15, 0.2) is 18.2 Å². The first-order chi connectivity index (χ1) is 10.5. The second kappa shape index (κ2) is 9.33. The van der Waals surface area contributed by atoms with Gasteiger partial charge in [-0.1, -0.05) is 23.2 Å². The predicted molar refractivity (Wildman–Crippen MR) is 94.7 cm³/mol. The van der Waals surface area contributed by atoms with Gasteiger partial charge in [0.2, 0.25) is 5.91 Å². The molecule has 1 aliphatic heterocycles. The monoisotopic (exact) mass is 379 g/mol. The molecule has 1 saturated heterocycles. The van der Waals surface area contributed by atoms with Gasteiger partial charge in [-0.05, 0) is 38.1 Å². The van der Waals surface area contributed by atoms with Gasteiger partial charge < -0.3 is 15.5 Å². The van der Waals surface area contributed by atoms with Gasteiger partial charge in [0.15, 0.2) is 0 Å². The molecule has 0 aromatic heterocycles. The van der Waals surface area contributed by atoms with Gasteiger partial charge in [0.05, 0.1) is 10.6 Å². The summed E-state index contributed by atoms with van der Waals surface area (Å²) >= 11 is 12.0. The van der Waals surface area contributed by atoms with E-state index in [0.717, 1.165) is 6.42 Å². The minimum Gasteiger partial charge on any atom is -0.353 e. The zero-order chi connectivity index (χ0) is 16.1. The average Bonchev–Trinajstić information content (AvgIpc) is 2.98. The van der Waals surface area contributed by atoms with Crippen LogP contribution in [0.4, 0.5) is 0 Å². The lowest BCUT2D eigenvalue weighted by atomic mass is 10.1. The molecule has 2 amide bonds. The molecule has 0 saturated carbocycles. The molecular weight excluding hydrogens is 361 g/mol. The summed E-state index contributed by atoms with van der Waals surface area (Å²) in [6.45, 7) is 1.77. The number of benzene rings is 1. The van der Waals surface area contributed by atoms with Crippen molar-refractivity contribution in [2.75, 3.05) is 26.7 Å². The van der Waals surface area contributed by atoms with Crippen LogP contribution in [0.1, 0.15) is 23.2 Å². The summed E-state index contributed by atoms with van der Waals surface area (Å²) in [6, 6.07) is 4.32. The second-order valence-corrected chi connectivity index (χ2v) is 6.02. The van der Waals surface area contributed by atoms with Crippen LogP contribution in [0.5, 0.6) is 0 Å². The summed E-state index contributed by atoms with van der Waals surface area (Å²) in [5, 5.41) is 6.58. The van der Waals surface area contributed by atoms with E-state index >= 15 is 0 Å². The normalized spacial score (nSPS) is 16.8. The van der Waals surface area contributed by atoms with Gasteiger partial charge in [-0.15, -0.1) is 12.4 Å². The lowest BCUT2D eigenvalue weighted by Crippen LogP contribution is -2.47. The van der Waals surface area contributed by atoms with Crippen molar-refractivity contribution in [1.82, 2.24) is 15.5 Å². The molecule has 1 aliphatic rings. The number of halogens is 3. The third-order valence-corrected chi connectivity index (χ3v) is 4.21. The van der Waals surface area contributed by atoms with Crippen molar-refractivity contribution in [1.29, 1.82) is 0 Å². The summed E-state index contributed by atoms with van der Waals surface area (Å²) in [5.74, 6) is -0.377. The molecule has 1 heterocycles. The molecule has 0 radical (unpaired) electrons. The van der Waals surface area contributed by atoms with Crippen LogP contribution < -0.4 is 10.6 Å². The maximum atomic E-state index is 12.7. The number of likely N-dealkylation sites (tertiary alicyclic amines) is 1. The van der Waals surface area contributed by atoms with E-state index in [9.17, 15) is 9.59 Å². The molecule has 1 atom stereocenters. The first-order valence-electron chi connectivity index (χ1n) is 7.23. The highest BCUT2D eigenvalue weighted by atomic mass is 35.5. The third-order valence-electron chi connectivity index (χ3n) is 3.65. The van der Waals surface area contributed by atoms with Crippen LogP contribution in [0.25, 0.3) is 0 Å². The highest BCUT2D eigenvalue weighted by Crippen LogP contribution is 2.26. The number of amides is 2. The standard InChI is InChI=1S/C15H19Cl2N3O2.ClH/c1-18-6-7-19-14(21)13-3-2-8-20(13)15(22)11-9-10(16)4-5-12(11)17;/h4-5,9,13,18H,2-3,6-8H2,1H3,(H,19,21);1H. The second-order valence-electron chi connectivity index (χ2n) is 5.18. The zero-order valence-electron chi connectivity index (χ0n) is 12.8. The van der Waals surface area contributed by atoms with Crippen molar-refractivity contribution >= 4 is 47.4 Å². The Balaban J connectivity index is 0.00000264. The number of carbonyl (C=O) groups excluding carboxylic acids is 2. The lowest BCUT2D eigenvalue weighted by Gasteiger charge is -2.24. The Morgan fingerprint density at radius 1 is 1.30 bits per heavy atom. The minimum atomic E-state index is -0.445. The Kier molecular flexibility index (Phi) is 8.12. The molecule has 1 aromatic carbocycles. The molecule has 2 N–H and O–H groups in total. The maximum Gasteiger partial charge on any atom is 0.256 e. The van der Waals surface area contributed by atoms with E-state index in [0.29, 0.717) is 41.7 Å². The highest BCUT2D eigenvalue weighted by molar-refractivity contribution is 6.35. The van der Waals surface area contributed by atoms with Gasteiger partial charge in [-0.3, -0.25) is 9.59 Å². The number of carbonyl (C=O) groups is 2. The number of nitrogens with one attached hydrogen (secondary N) is 2. The molecule has 23 heavy (non-hydrogen) atoms. The fourth-order valence-electron chi connectivity index (χ4n) is 2.53.